The van der Waals surface area contributed by atoms with Crippen molar-refractivity contribution in [2.45, 2.75) is 20.8 Å². The Morgan fingerprint density at radius 1 is 1.04 bits per heavy atom. The van der Waals surface area contributed by atoms with E-state index in [0.29, 0.717) is 5.75 Å². The number of rotatable bonds is 5. The van der Waals surface area contributed by atoms with Gasteiger partial charge in [-0.3, -0.25) is 10.1 Å². The summed E-state index contributed by atoms with van der Waals surface area (Å²) >= 11 is 0. The van der Waals surface area contributed by atoms with E-state index in [1.807, 2.05) is 13.0 Å². The Balaban J connectivity index is 2.37. The fraction of sp³-hybridized carbons (Fsp3) is 0.222. The van der Waals surface area contributed by atoms with Gasteiger partial charge in [0.25, 0.3) is 5.69 Å². The molecule has 0 aliphatic heterocycles. The van der Waals surface area contributed by atoms with Crippen LogP contribution in [-0.4, -0.2) is 23.5 Å². The first-order valence-electron chi connectivity index (χ1n) is 7.58. The molecule has 0 aliphatic rings. The summed E-state index contributed by atoms with van der Waals surface area (Å²) in [4.78, 5) is 34.6. The molecule has 0 fully saturated rings. The largest absolute Gasteiger partial charge is 0.462 e. The van der Waals surface area contributed by atoms with Crippen LogP contribution in [0.2, 0.25) is 0 Å². The molecule has 0 saturated carbocycles. The van der Waals surface area contributed by atoms with Crippen LogP contribution in [0.25, 0.3) is 0 Å². The average Bonchev–Trinajstić information content (AvgIpc) is 2.57. The van der Waals surface area contributed by atoms with Gasteiger partial charge in [0.2, 0.25) is 0 Å². The van der Waals surface area contributed by atoms with Crippen molar-refractivity contribution >= 4 is 17.6 Å². The molecule has 0 bridgehead atoms. The van der Waals surface area contributed by atoms with Crippen LogP contribution in [0.1, 0.15) is 38.8 Å². The third kappa shape index (κ3) is 4.41. The van der Waals surface area contributed by atoms with Crippen LogP contribution in [0.4, 0.5) is 5.69 Å². The lowest BCUT2D eigenvalue weighted by atomic mass is 10.1. The summed E-state index contributed by atoms with van der Waals surface area (Å²) in [5.74, 6) is -1.19. The van der Waals surface area contributed by atoms with Crippen LogP contribution in [0.5, 0.6) is 5.75 Å². The molecule has 0 spiro atoms. The molecule has 0 heterocycles. The molecule has 2 rings (SSSR count). The highest BCUT2D eigenvalue weighted by Gasteiger charge is 2.20. The van der Waals surface area contributed by atoms with E-state index in [0.717, 1.165) is 23.3 Å². The summed E-state index contributed by atoms with van der Waals surface area (Å²) in [6.45, 7) is 5.42. The molecule has 0 saturated heterocycles. The molecular weight excluding hydrogens is 326 g/mol. The fourth-order valence-corrected chi connectivity index (χ4v) is 2.24. The number of aryl methyl sites for hydroxylation is 2. The maximum absolute atomic E-state index is 12.4. The Morgan fingerprint density at radius 3 is 2.24 bits per heavy atom. The molecule has 0 amide bonds. The highest BCUT2D eigenvalue weighted by atomic mass is 16.6. The lowest BCUT2D eigenvalue weighted by Crippen LogP contribution is -2.12. The van der Waals surface area contributed by atoms with E-state index in [-0.39, 0.29) is 17.7 Å². The minimum Gasteiger partial charge on any atom is -0.462 e. The summed E-state index contributed by atoms with van der Waals surface area (Å²) in [5.41, 5.74) is 1.20. The number of hydrogen-bond donors (Lipinski definition) is 0. The molecule has 0 radical (unpaired) electrons. The number of carbonyl (C=O) groups is 2. The second-order valence-corrected chi connectivity index (χ2v) is 5.40. The number of hydrogen-bond acceptors (Lipinski definition) is 6. The van der Waals surface area contributed by atoms with Crippen LogP contribution < -0.4 is 4.74 Å². The summed E-state index contributed by atoms with van der Waals surface area (Å²) in [6, 6.07) is 8.62. The Labute approximate surface area is 144 Å². The number of ether oxygens (including phenoxy) is 2. The number of nitrogens with zero attached hydrogens (tertiary/aromatic N) is 1. The normalized spacial score (nSPS) is 10.2. The van der Waals surface area contributed by atoms with Crippen molar-refractivity contribution < 1.29 is 24.0 Å². The molecule has 0 unspecified atom stereocenters. The first-order valence-corrected chi connectivity index (χ1v) is 7.58. The summed E-state index contributed by atoms with van der Waals surface area (Å²) in [5, 5.41) is 11.1. The van der Waals surface area contributed by atoms with Gasteiger partial charge in [-0.2, -0.15) is 0 Å². The van der Waals surface area contributed by atoms with Gasteiger partial charge < -0.3 is 9.47 Å². The summed E-state index contributed by atoms with van der Waals surface area (Å²) in [7, 11) is 0. The second-order valence-electron chi connectivity index (χ2n) is 5.40. The molecule has 0 aliphatic carbocycles. The Bertz CT molecular complexity index is 843. The van der Waals surface area contributed by atoms with Gasteiger partial charge in [-0.05, 0) is 38.5 Å². The zero-order valence-electron chi connectivity index (χ0n) is 14.1. The molecule has 7 nitrogen and oxygen atoms in total. The van der Waals surface area contributed by atoms with Crippen molar-refractivity contribution in [1.29, 1.82) is 0 Å². The van der Waals surface area contributed by atoms with Crippen molar-refractivity contribution in [1.82, 2.24) is 0 Å². The number of esters is 2. The predicted molar refractivity (Wildman–Crippen MR) is 89.9 cm³/mol. The maximum atomic E-state index is 12.4. The van der Waals surface area contributed by atoms with Gasteiger partial charge in [0, 0.05) is 12.1 Å². The maximum Gasteiger partial charge on any atom is 0.343 e. The Kier molecular flexibility index (Phi) is 5.49. The van der Waals surface area contributed by atoms with E-state index in [4.69, 9.17) is 9.47 Å². The van der Waals surface area contributed by atoms with Gasteiger partial charge in [-0.1, -0.05) is 17.7 Å². The lowest BCUT2D eigenvalue weighted by Gasteiger charge is -2.09. The SMILES string of the molecule is CCOC(=O)c1cc(C(=O)Oc2ccc(C)cc2C)cc([N+](=O)[O-])c1. The molecule has 25 heavy (non-hydrogen) atoms. The monoisotopic (exact) mass is 343 g/mol. The number of carbonyl (C=O) groups excluding carboxylic acids is 2. The first kappa shape index (κ1) is 18.1. The van der Waals surface area contributed by atoms with Crippen molar-refractivity contribution in [3.63, 3.8) is 0 Å². The third-order valence-electron chi connectivity index (χ3n) is 3.41. The molecule has 2 aromatic rings. The van der Waals surface area contributed by atoms with Gasteiger partial charge in [-0.25, -0.2) is 9.59 Å². The van der Waals surface area contributed by atoms with E-state index in [1.54, 1.807) is 26.0 Å². The number of non-ortho nitro benzene ring substituents is 1. The quantitative estimate of drug-likeness (QED) is 0.356. The topological polar surface area (TPSA) is 95.7 Å². The van der Waals surface area contributed by atoms with Gasteiger partial charge in [0.05, 0.1) is 22.7 Å². The van der Waals surface area contributed by atoms with Crippen molar-refractivity contribution in [2.24, 2.45) is 0 Å². The van der Waals surface area contributed by atoms with E-state index >= 15 is 0 Å². The first-order chi connectivity index (χ1) is 11.8. The van der Waals surface area contributed by atoms with Crippen molar-refractivity contribution in [3.8, 4) is 5.75 Å². The van der Waals surface area contributed by atoms with Crippen LogP contribution in [0, 0.1) is 24.0 Å². The van der Waals surface area contributed by atoms with Crippen LogP contribution in [0.3, 0.4) is 0 Å². The molecular formula is C18H17NO6. The van der Waals surface area contributed by atoms with Crippen LogP contribution >= 0.6 is 0 Å². The number of nitro benzene ring substituents is 1. The minimum atomic E-state index is -0.791. The highest BCUT2D eigenvalue weighted by molar-refractivity contribution is 5.97. The predicted octanol–water partition coefficient (Wildman–Crippen LogP) is 3.61. The third-order valence-corrected chi connectivity index (χ3v) is 3.41. The molecule has 130 valence electrons. The number of benzene rings is 2. The number of nitro groups is 1. The average molecular weight is 343 g/mol. The second kappa shape index (κ2) is 7.57. The summed E-state index contributed by atoms with van der Waals surface area (Å²) < 4.78 is 10.1. The molecule has 0 aromatic heterocycles. The molecule has 7 heteroatoms. The van der Waals surface area contributed by atoms with Gasteiger partial charge in [0.15, 0.2) is 0 Å². The van der Waals surface area contributed by atoms with E-state index in [9.17, 15) is 19.7 Å². The van der Waals surface area contributed by atoms with Crippen LogP contribution in [0.15, 0.2) is 36.4 Å². The fourth-order valence-electron chi connectivity index (χ4n) is 2.24. The molecule has 0 atom stereocenters. The van der Waals surface area contributed by atoms with E-state index in [1.165, 1.54) is 6.07 Å². The van der Waals surface area contributed by atoms with Gasteiger partial charge in [0.1, 0.15) is 5.75 Å². The Morgan fingerprint density at radius 2 is 1.68 bits per heavy atom. The summed E-state index contributed by atoms with van der Waals surface area (Å²) in [6.07, 6.45) is 0. The standard InChI is InChI=1S/C18H17NO6/c1-4-24-17(20)13-8-14(10-15(9-13)19(22)23)18(21)25-16-6-5-11(2)7-12(16)3/h5-10H,4H2,1-3H3. The molecule has 2 aromatic carbocycles. The van der Waals surface area contributed by atoms with Crippen molar-refractivity contribution in [2.75, 3.05) is 6.61 Å². The van der Waals surface area contributed by atoms with Gasteiger partial charge >= 0.3 is 11.9 Å². The zero-order chi connectivity index (χ0) is 18.6. The highest BCUT2D eigenvalue weighted by Crippen LogP contribution is 2.23. The van der Waals surface area contributed by atoms with Crippen molar-refractivity contribution in [3.05, 3.63) is 68.8 Å². The van der Waals surface area contributed by atoms with E-state index in [2.05, 4.69) is 0 Å². The van der Waals surface area contributed by atoms with Crippen LogP contribution in [-0.2, 0) is 4.74 Å². The Hall–Kier alpha value is -3.22. The molecule has 0 N–H and O–H groups in total. The van der Waals surface area contributed by atoms with E-state index < -0.39 is 22.5 Å². The lowest BCUT2D eigenvalue weighted by molar-refractivity contribution is -0.384. The zero-order valence-corrected chi connectivity index (χ0v) is 14.1. The smallest absolute Gasteiger partial charge is 0.343 e. The van der Waals surface area contributed by atoms with Gasteiger partial charge in [-0.15, -0.1) is 0 Å². The minimum absolute atomic E-state index is 0.0800.